The second kappa shape index (κ2) is 15.8. The molecule has 0 bridgehead atoms. The third kappa shape index (κ3) is 8.91. The van der Waals surface area contributed by atoms with Crippen LogP contribution >= 0.6 is 11.6 Å². The van der Waals surface area contributed by atoms with Crippen molar-refractivity contribution < 1.29 is 19.1 Å². The summed E-state index contributed by atoms with van der Waals surface area (Å²) in [7, 11) is 0. The highest BCUT2D eigenvalue weighted by Crippen LogP contribution is 2.18. The van der Waals surface area contributed by atoms with Gasteiger partial charge in [0, 0.05) is 11.8 Å². The molecule has 0 radical (unpaired) electrons. The van der Waals surface area contributed by atoms with Gasteiger partial charge in [-0.1, -0.05) is 39.3 Å². The predicted molar refractivity (Wildman–Crippen MR) is 147 cm³/mol. The van der Waals surface area contributed by atoms with Crippen molar-refractivity contribution in [1.29, 1.82) is 10.5 Å². The molecular weight excluding hydrogens is 552 g/mol. The molecule has 1 atom stereocenters. The smallest absolute Gasteiger partial charge is 0.329 e. The second-order valence-corrected chi connectivity index (χ2v) is 9.22. The first kappa shape index (κ1) is 32.5. The summed E-state index contributed by atoms with van der Waals surface area (Å²) in [6.07, 6.45) is -0.145. The maximum absolute atomic E-state index is 11.7. The molecule has 0 fully saturated rings. The number of nitriles is 2. The van der Waals surface area contributed by atoms with Gasteiger partial charge in [0.05, 0.1) is 31.0 Å². The van der Waals surface area contributed by atoms with Gasteiger partial charge < -0.3 is 9.47 Å². The fraction of sp³-hybridized carbons (Fsp3) is 0.462. The van der Waals surface area contributed by atoms with Crippen molar-refractivity contribution in [2.75, 3.05) is 13.2 Å². The fourth-order valence-electron chi connectivity index (χ4n) is 3.22. The molecule has 41 heavy (non-hydrogen) atoms. The zero-order valence-corrected chi connectivity index (χ0v) is 24.4. The summed E-state index contributed by atoms with van der Waals surface area (Å²) in [4.78, 5) is 21.9. The summed E-state index contributed by atoms with van der Waals surface area (Å²) in [5.74, 6) is -0.144. The van der Waals surface area contributed by atoms with Crippen LogP contribution in [0.1, 0.15) is 83.1 Å². The molecule has 15 heteroatoms. The van der Waals surface area contributed by atoms with E-state index >= 15 is 0 Å². The Bertz CT molecular complexity index is 1550. The van der Waals surface area contributed by atoms with Crippen LogP contribution in [0.15, 0.2) is 24.3 Å². The maximum Gasteiger partial charge on any atom is 0.329 e. The van der Waals surface area contributed by atoms with Crippen LogP contribution < -0.4 is 0 Å². The number of hydrogen-bond donors (Lipinski definition) is 0. The van der Waals surface area contributed by atoms with Crippen molar-refractivity contribution in [2.24, 2.45) is 0 Å². The number of ether oxygens (including phenoxy) is 2. The van der Waals surface area contributed by atoms with E-state index in [1.165, 1.54) is 0 Å². The Balaban J connectivity index is 0.000000240. The SMILES string of the molecule is CC(C)c1nnc2ccc(Cl)nn12.CCOC(=O)C(C#N)c1ccc2nnc(C(C)C)n2n1.CCOC(=O)CC#N. The van der Waals surface area contributed by atoms with Gasteiger partial charge in [0.15, 0.2) is 28.9 Å². The summed E-state index contributed by atoms with van der Waals surface area (Å²) < 4.78 is 12.5. The molecule has 1 unspecified atom stereocenters. The molecule has 0 aliphatic carbocycles. The summed E-state index contributed by atoms with van der Waals surface area (Å²) in [5.41, 5.74) is 1.64. The third-order valence-corrected chi connectivity index (χ3v) is 5.27. The Morgan fingerprint density at radius 1 is 0.854 bits per heavy atom. The molecule has 216 valence electrons. The highest BCUT2D eigenvalue weighted by Gasteiger charge is 2.24. The average Bonchev–Trinajstić information content (AvgIpc) is 3.54. The number of aromatic nitrogens is 8. The number of carbonyl (C=O) groups excluding carboxylic acids is 2. The van der Waals surface area contributed by atoms with Gasteiger partial charge >= 0.3 is 11.9 Å². The van der Waals surface area contributed by atoms with Crippen molar-refractivity contribution >= 4 is 34.8 Å². The lowest BCUT2D eigenvalue weighted by Gasteiger charge is -2.08. The quantitative estimate of drug-likeness (QED) is 0.287. The van der Waals surface area contributed by atoms with Crippen LogP contribution in [-0.4, -0.2) is 64.8 Å². The first-order chi connectivity index (χ1) is 19.6. The van der Waals surface area contributed by atoms with Gasteiger partial charge in [0.2, 0.25) is 0 Å². The van der Waals surface area contributed by atoms with Gasteiger partial charge in [0.25, 0.3) is 0 Å². The molecule has 0 amide bonds. The average molecular weight is 583 g/mol. The Morgan fingerprint density at radius 2 is 1.39 bits per heavy atom. The third-order valence-electron chi connectivity index (χ3n) is 5.07. The van der Waals surface area contributed by atoms with Gasteiger partial charge in [-0.3, -0.25) is 9.59 Å². The standard InChI is InChI=1S/C13H15N5O2.C8H9ClN4.C5H7NO2/c1-4-20-13(19)9(7-14)10-5-6-11-15-16-12(8(2)3)18(11)17-10;1-5(2)8-11-10-7-4-3-6(9)12-13(7)8;1-2-8-5(7)3-4-6/h5-6,8-9H,4H2,1-3H3;3-5H,1-2H3;2-3H2,1H3. The van der Waals surface area contributed by atoms with E-state index in [0.29, 0.717) is 34.8 Å². The number of carbonyl (C=O) groups is 2. The molecule has 4 aromatic heterocycles. The van der Waals surface area contributed by atoms with Crippen LogP contribution in [0, 0.1) is 22.7 Å². The van der Waals surface area contributed by atoms with E-state index in [0.717, 1.165) is 11.5 Å². The van der Waals surface area contributed by atoms with E-state index in [4.69, 9.17) is 26.9 Å². The van der Waals surface area contributed by atoms with Crippen LogP contribution in [0.2, 0.25) is 5.15 Å². The van der Waals surface area contributed by atoms with E-state index in [1.54, 1.807) is 53.2 Å². The Morgan fingerprint density at radius 3 is 1.88 bits per heavy atom. The van der Waals surface area contributed by atoms with Gasteiger partial charge in [-0.05, 0) is 38.1 Å². The molecule has 14 nitrogen and oxygen atoms in total. The van der Waals surface area contributed by atoms with E-state index < -0.39 is 17.9 Å². The molecule has 0 aliphatic heterocycles. The zero-order chi connectivity index (χ0) is 30.5. The number of rotatable bonds is 7. The van der Waals surface area contributed by atoms with Gasteiger partial charge in [-0.2, -0.15) is 29.8 Å². The van der Waals surface area contributed by atoms with Crippen molar-refractivity contribution in [3.63, 3.8) is 0 Å². The van der Waals surface area contributed by atoms with Crippen molar-refractivity contribution in [3.8, 4) is 12.1 Å². The van der Waals surface area contributed by atoms with Crippen LogP contribution in [-0.2, 0) is 19.1 Å². The molecule has 4 aromatic rings. The molecule has 0 spiro atoms. The van der Waals surface area contributed by atoms with Gasteiger partial charge in [-0.15, -0.1) is 20.4 Å². The van der Waals surface area contributed by atoms with Crippen LogP contribution in [0.3, 0.4) is 0 Å². The number of hydrogen-bond acceptors (Lipinski definition) is 12. The van der Waals surface area contributed by atoms with Crippen molar-refractivity contribution in [2.45, 2.75) is 65.7 Å². The highest BCUT2D eigenvalue weighted by molar-refractivity contribution is 6.29. The van der Waals surface area contributed by atoms with Crippen molar-refractivity contribution in [3.05, 3.63) is 46.8 Å². The fourth-order valence-corrected chi connectivity index (χ4v) is 3.36. The molecule has 4 rings (SSSR count). The molecule has 0 aliphatic rings. The molecule has 0 N–H and O–H groups in total. The lowest BCUT2D eigenvalue weighted by Crippen LogP contribution is -2.17. The van der Waals surface area contributed by atoms with Gasteiger partial charge in [0.1, 0.15) is 11.6 Å². The second-order valence-electron chi connectivity index (χ2n) is 8.83. The lowest BCUT2D eigenvalue weighted by molar-refractivity contribution is -0.144. The van der Waals surface area contributed by atoms with Gasteiger partial charge in [-0.25, -0.2) is 0 Å². The van der Waals surface area contributed by atoms with E-state index in [2.05, 4.69) is 35.3 Å². The Kier molecular flexibility index (Phi) is 12.5. The minimum atomic E-state index is -1.04. The van der Waals surface area contributed by atoms with Crippen LogP contribution in [0.25, 0.3) is 11.3 Å². The lowest BCUT2D eigenvalue weighted by atomic mass is 10.1. The number of fused-ring (bicyclic) bond motifs is 2. The zero-order valence-electron chi connectivity index (χ0n) is 23.6. The summed E-state index contributed by atoms with van der Waals surface area (Å²) >= 11 is 5.76. The first-order valence-corrected chi connectivity index (χ1v) is 13.1. The molecule has 0 aromatic carbocycles. The topological polar surface area (TPSA) is 186 Å². The Labute approximate surface area is 241 Å². The molecule has 0 saturated heterocycles. The maximum atomic E-state index is 11.7. The molecule has 4 heterocycles. The van der Waals surface area contributed by atoms with Crippen LogP contribution in [0.5, 0.6) is 0 Å². The normalized spacial score (nSPS) is 11.1. The van der Waals surface area contributed by atoms with Crippen LogP contribution in [0.4, 0.5) is 0 Å². The largest absolute Gasteiger partial charge is 0.465 e. The number of halogens is 1. The van der Waals surface area contributed by atoms with Crippen molar-refractivity contribution in [1.82, 2.24) is 39.6 Å². The molecular formula is C26H31ClN10O4. The Hall–Kier alpha value is -4.69. The monoisotopic (exact) mass is 582 g/mol. The van der Waals surface area contributed by atoms with E-state index in [-0.39, 0.29) is 18.9 Å². The number of esters is 2. The summed E-state index contributed by atoms with van der Waals surface area (Å²) in [6, 6.07) is 10.4. The number of nitrogens with zero attached hydrogens (tertiary/aromatic N) is 10. The predicted octanol–water partition coefficient (Wildman–Crippen LogP) is 3.78. The summed E-state index contributed by atoms with van der Waals surface area (Å²) in [6.45, 7) is 12.0. The minimum absolute atomic E-state index is 0.135. The minimum Gasteiger partial charge on any atom is -0.465 e. The van der Waals surface area contributed by atoms with E-state index in [1.807, 2.05) is 33.8 Å². The van der Waals surface area contributed by atoms with E-state index in [9.17, 15) is 9.59 Å². The first-order valence-electron chi connectivity index (χ1n) is 12.8. The highest BCUT2D eigenvalue weighted by atomic mass is 35.5. The summed E-state index contributed by atoms with van der Waals surface area (Å²) in [5, 5.41) is 42.0. The molecule has 0 saturated carbocycles.